The van der Waals surface area contributed by atoms with Crippen molar-refractivity contribution in [3.8, 4) is 17.1 Å². The van der Waals surface area contributed by atoms with Gasteiger partial charge in [-0.2, -0.15) is 5.10 Å². The van der Waals surface area contributed by atoms with E-state index in [4.69, 9.17) is 9.84 Å². The Kier molecular flexibility index (Phi) is 5.04. The summed E-state index contributed by atoms with van der Waals surface area (Å²) in [5.41, 5.74) is 5.49. The lowest BCUT2D eigenvalue weighted by Crippen LogP contribution is -2.48. The Morgan fingerprint density at radius 3 is 2.48 bits per heavy atom. The van der Waals surface area contributed by atoms with Gasteiger partial charge >= 0.3 is 0 Å². The SMILES string of the molecule is Cc1ccc(C)c(-n2nc(-c3cccn3C)cc2C(=O)N2C[C@H](C)O[C@@H](C)C2)c1. The summed E-state index contributed by atoms with van der Waals surface area (Å²) in [6.45, 7) is 9.28. The maximum absolute atomic E-state index is 13.6. The van der Waals surface area contributed by atoms with E-state index >= 15 is 0 Å². The number of ether oxygens (including phenoxy) is 1. The first-order chi connectivity index (χ1) is 13.8. The summed E-state index contributed by atoms with van der Waals surface area (Å²) < 4.78 is 9.63. The topological polar surface area (TPSA) is 52.3 Å². The van der Waals surface area contributed by atoms with E-state index in [9.17, 15) is 4.79 Å². The van der Waals surface area contributed by atoms with Crippen LogP contribution in [0, 0.1) is 13.8 Å². The molecule has 3 heterocycles. The van der Waals surface area contributed by atoms with Crippen molar-refractivity contribution < 1.29 is 9.53 Å². The minimum atomic E-state index is -0.0131. The van der Waals surface area contributed by atoms with Crippen molar-refractivity contribution in [1.82, 2.24) is 19.2 Å². The van der Waals surface area contributed by atoms with Crippen LogP contribution in [0.15, 0.2) is 42.6 Å². The zero-order valence-electron chi connectivity index (χ0n) is 17.7. The third-order valence-corrected chi connectivity index (χ3v) is 5.43. The van der Waals surface area contributed by atoms with Gasteiger partial charge in [-0.15, -0.1) is 0 Å². The van der Waals surface area contributed by atoms with Crippen LogP contribution in [-0.2, 0) is 11.8 Å². The van der Waals surface area contributed by atoms with Gasteiger partial charge in [-0.05, 0) is 63.1 Å². The molecule has 1 fully saturated rings. The molecule has 3 aromatic rings. The predicted molar refractivity (Wildman–Crippen MR) is 113 cm³/mol. The fourth-order valence-corrected chi connectivity index (χ4v) is 4.02. The molecule has 1 saturated heterocycles. The number of carbonyl (C=O) groups is 1. The molecule has 0 saturated carbocycles. The van der Waals surface area contributed by atoms with Crippen LogP contribution >= 0.6 is 0 Å². The highest BCUT2D eigenvalue weighted by atomic mass is 16.5. The van der Waals surface area contributed by atoms with Gasteiger partial charge in [-0.25, -0.2) is 4.68 Å². The van der Waals surface area contributed by atoms with Crippen molar-refractivity contribution in [2.45, 2.75) is 39.9 Å². The third-order valence-electron chi connectivity index (χ3n) is 5.43. The monoisotopic (exact) mass is 392 g/mol. The Morgan fingerprint density at radius 2 is 1.83 bits per heavy atom. The first-order valence-electron chi connectivity index (χ1n) is 10.1. The molecule has 0 radical (unpaired) electrons. The summed E-state index contributed by atoms with van der Waals surface area (Å²) in [5, 5.41) is 4.86. The quantitative estimate of drug-likeness (QED) is 0.682. The Morgan fingerprint density at radius 1 is 1.10 bits per heavy atom. The number of aromatic nitrogens is 3. The average Bonchev–Trinajstić information content (AvgIpc) is 3.28. The Hall–Kier alpha value is -2.86. The molecule has 0 bridgehead atoms. The average molecular weight is 393 g/mol. The second-order valence-electron chi connectivity index (χ2n) is 8.09. The molecular weight excluding hydrogens is 364 g/mol. The second-order valence-corrected chi connectivity index (χ2v) is 8.09. The number of hydrogen-bond acceptors (Lipinski definition) is 3. The molecule has 1 amide bonds. The highest BCUT2D eigenvalue weighted by Crippen LogP contribution is 2.26. The van der Waals surface area contributed by atoms with Crippen molar-refractivity contribution in [1.29, 1.82) is 0 Å². The summed E-state index contributed by atoms with van der Waals surface area (Å²) in [6, 6.07) is 12.1. The van der Waals surface area contributed by atoms with Crippen molar-refractivity contribution in [2.75, 3.05) is 13.1 Å². The number of rotatable bonds is 3. The minimum absolute atomic E-state index is 0.0131. The van der Waals surface area contributed by atoms with E-state index in [1.54, 1.807) is 4.68 Å². The lowest BCUT2D eigenvalue weighted by atomic mass is 10.1. The largest absolute Gasteiger partial charge is 0.372 e. The molecule has 152 valence electrons. The number of carbonyl (C=O) groups excluding carboxylic acids is 1. The van der Waals surface area contributed by atoms with Crippen LogP contribution in [0.4, 0.5) is 0 Å². The zero-order valence-corrected chi connectivity index (χ0v) is 17.7. The smallest absolute Gasteiger partial charge is 0.272 e. The van der Waals surface area contributed by atoms with Crippen LogP contribution in [0.3, 0.4) is 0 Å². The van der Waals surface area contributed by atoms with Gasteiger partial charge in [0.05, 0.1) is 23.6 Å². The molecule has 0 spiro atoms. The van der Waals surface area contributed by atoms with Gasteiger partial charge in [-0.3, -0.25) is 4.79 Å². The summed E-state index contributed by atoms with van der Waals surface area (Å²) in [5.74, 6) is -0.0131. The molecule has 29 heavy (non-hydrogen) atoms. The molecular formula is C23H28N4O2. The number of nitrogens with zero attached hydrogens (tertiary/aromatic N) is 4. The molecule has 0 aliphatic carbocycles. The van der Waals surface area contributed by atoms with E-state index in [-0.39, 0.29) is 18.1 Å². The Labute approximate surface area is 171 Å². The van der Waals surface area contributed by atoms with Gasteiger partial charge < -0.3 is 14.2 Å². The summed E-state index contributed by atoms with van der Waals surface area (Å²) >= 11 is 0. The van der Waals surface area contributed by atoms with E-state index in [2.05, 4.69) is 25.1 Å². The molecule has 1 aliphatic heterocycles. The number of benzene rings is 1. The normalized spacial score (nSPS) is 19.6. The molecule has 6 heteroatoms. The summed E-state index contributed by atoms with van der Waals surface area (Å²) in [4.78, 5) is 15.4. The molecule has 1 aromatic carbocycles. The van der Waals surface area contributed by atoms with Crippen LogP contribution < -0.4 is 0 Å². The first-order valence-corrected chi connectivity index (χ1v) is 10.1. The Balaban J connectivity index is 1.83. The van der Waals surface area contributed by atoms with Crippen molar-refractivity contribution in [2.24, 2.45) is 7.05 Å². The predicted octanol–water partition coefficient (Wildman–Crippen LogP) is 3.74. The van der Waals surface area contributed by atoms with Crippen molar-refractivity contribution >= 4 is 5.91 Å². The summed E-state index contributed by atoms with van der Waals surface area (Å²) in [6.07, 6.45) is 2.03. The van der Waals surface area contributed by atoms with Gasteiger partial charge in [0.2, 0.25) is 0 Å². The van der Waals surface area contributed by atoms with E-state index in [1.165, 1.54) is 0 Å². The first kappa shape index (κ1) is 19.5. The Bertz CT molecular complexity index is 1040. The molecule has 4 rings (SSSR count). The highest BCUT2D eigenvalue weighted by molar-refractivity contribution is 5.94. The van der Waals surface area contributed by atoms with E-state index in [1.807, 2.05) is 61.7 Å². The van der Waals surface area contributed by atoms with Crippen LogP contribution in [0.25, 0.3) is 17.1 Å². The van der Waals surface area contributed by atoms with Crippen LogP contribution in [-0.4, -0.2) is 50.5 Å². The highest BCUT2D eigenvalue weighted by Gasteiger charge is 2.30. The molecule has 1 aliphatic rings. The zero-order chi connectivity index (χ0) is 20.7. The van der Waals surface area contributed by atoms with Gasteiger partial charge in [0.15, 0.2) is 0 Å². The van der Waals surface area contributed by atoms with Gasteiger partial charge in [0, 0.05) is 26.3 Å². The third kappa shape index (κ3) is 3.72. The molecule has 0 N–H and O–H groups in total. The molecule has 2 aromatic heterocycles. The number of hydrogen-bond donors (Lipinski definition) is 0. The lowest BCUT2D eigenvalue weighted by molar-refractivity contribution is -0.0588. The lowest BCUT2D eigenvalue weighted by Gasteiger charge is -2.35. The van der Waals surface area contributed by atoms with E-state index < -0.39 is 0 Å². The standard InChI is InChI=1S/C23H28N4O2/c1-15-8-9-16(2)21(11-15)27-22(12-19(24-27)20-7-6-10-25(20)5)23(28)26-13-17(3)29-18(4)14-26/h6-12,17-18H,13-14H2,1-5H3/t17-,18-/m0/s1. The van der Waals surface area contributed by atoms with Gasteiger partial charge in [-0.1, -0.05) is 12.1 Å². The fraction of sp³-hybridized carbons (Fsp3) is 0.391. The van der Waals surface area contributed by atoms with E-state index in [0.717, 1.165) is 28.2 Å². The maximum Gasteiger partial charge on any atom is 0.272 e. The number of morpholine rings is 1. The summed E-state index contributed by atoms with van der Waals surface area (Å²) in [7, 11) is 1.99. The van der Waals surface area contributed by atoms with Crippen molar-refractivity contribution in [3.63, 3.8) is 0 Å². The van der Waals surface area contributed by atoms with E-state index in [0.29, 0.717) is 18.8 Å². The van der Waals surface area contributed by atoms with Crippen LogP contribution in [0.1, 0.15) is 35.5 Å². The molecule has 0 unspecified atom stereocenters. The van der Waals surface area contributed by atoms with Crippen molar-refractivity contribution in [3.05, 3.63) is 59.4 Å². The second kappa shape index (κ2) is 7.52. The maximum atomic E-state index is 13.6. The van der Waals surface area contributed by atoms with Gasteiger partial charge in [0.1, 0.15) is 11.4 Å². The fourth-order valence-electron chi connectivity index (χ4n) is 4.02. The van der Waals surface area contributed by atoms with Gasteiger partial charge in [0.25, 0.3) is 5.91 Å². The minimum Gasteiger partial charge on any atom is -0.372 e. The number of aryl methyl sites for hydroxylation is 3. The molecule has 2 atom stereocenters. The van der Waals surface area contributed by atoms with Crippen LogP contribution in [0.5, 0.6) is 0 Å². The number of amides is 1. The molecule has 6 nitrogen and oxygen atoms in total. The van der Waals surface area contributed by atoms with Crippen LogP contribution in [0.2, 0.25) is 0 Å².